The summed E-state index contributed by atoms with van der Waals surface area (Å²) in [4.78, 5) is 29.6. The van der Waals surface area contributed by atoms with E-state index in [4.69, 9.17) is 0 Å². The van der Waals surface area contributed by atoms with Gasteiger partial charge in [-0.25, -0.2) is 15.0 Å². The zero-order chi connectivity index (χ0) is 17.9. The normalized spacial score (nSPS) is 15.2. The van der Waals surface area contributed by atoms with E-state index in [1.54, 1.807) is 18.6 Å². The first-order valence-electron chi connectivity index (χ1n) is 8.48. The highest BCUT2D eigenvalue weighted by atomic mass is 16.2. The summed E-state index contributed by atoms with van der Waals surface area (Å²) in [6.07, 6.45) is 4.94. The Kier molecular flexibility index (Phi) is 4.83. The molecule has 0 unspecified atom stereocenters. The van der Waals surface area contributed by atoms with Gasteiger partial charge in [0, 0.05) is 37.9 Å². The van der Waals surface area contributed by atoms with E-state index in [2.05, 4.69) is 45.9 Å². The fraction of sp³-hybridized carbons (Fsp3) is 0.444. The number of piperazine rings is 1. The van der Waals surface area contributed by atoms with E-state index in [-0.39, 0.29) is 11.4 Å². The molecule has 7 nitrogen and oxygen atoms in total. The Labute approximate surface area is 148 Å². The molecule has 1 amide bonds. The Balaban J connectivity index is 1.59. The second kappa shape index (κ2) is 7.04. The van der Waals surface area contributed by atoms with Crippen LogP contribution in [0.4, 0.5) is 11.6 Å². The van der Waals surface area contributed by atoms with E-state index in [1.165, 1.54) is 0 Å². The number of hydrogen-bond donors (Lipinski definition) is 1. The second-order valence-electron chi connectivity index (χ2n) is 7.13. The predicted molar refractivity (Wildman–Crippen MR) is 97.8 cm³/mol. The van der Waals surface area contributed by atoms with Crippen molar-refractivity contribution in [2.75, 3.05) is 36.4 Å². The van der Waals surface area contributed by atoms with Gasteiger partial charge in [-0.2, -0.15) is 0 Å². The third kappa shape index (κ3) is 4.43. The van der Waals surface area contributed by atoms with E-state index in [0.717, 1.165) is 18.9 Å². The lowest BCUT2D eigenvalue weighted by atomic mass is 10.1. The van der Waals surface area contributed by atoms with Gasteiger partial charge in [-0.1, -0.05) is 6.07 Å². The lowest BCUT2D eigenvalue weighted by Gasteiger charge is -2.35. The first-order chi connectivity index (χ1) is 11.9. The lowest BCUT2D eigenvalue weighted by molar-refractivity contribution is 0.0740. The topological polar surface area (TPSA) is 74.2 Å². The maximum atomic E-state index is 12.6. The Bertz CT molecular complexity index is 703. The Morgan fingerprint density at radius 3 is 2.36 bits per heavy atom. The highest BCUT2D eigenvalue weighted by molar-refractivity contribution is 5.92. The third-order valence-corrected chi connectivity index (χ3v) is 3.91. The monoisotopic (exact) mass is 340 g/mol. The molecule has 25 heavy (non-hydrogen) atoms. The van der Waals surface area contributed by atoms with Gasteiger partial charge in [-0.15, -0.1) is 0 Å². The molecule has 1 saturated heterocycles. The molecule has 1 N–H and O–H groups in total. The molecule has 0 aliphatic carbocycles. The summed E-state index contributed by atoms with van der Waals surface area (Å²) in [7, 11) is 0. The number of amides is 1. The van der Waals surface area contributed by atoms with Gasteiger partial charge >= 0.3 is 0 Å². The van der Waals surface area contributed by atoms with Crippen molar-refractivity contribution in [1.29, 1.82) is 0 Å². The quantitative estimate of drug-likeness (QED) is 0.922. The van der Waals surface area contributed by atoms with E-state index >= 15 is 0 Å². The van der Waals surface area contributed by atoms with Crippen LogP contribution in [-0.4, -0.2) is 57.5 Å². The second-order valence-corrected chi connectivity index (χ2v) is 7.13. The smallest absolute Gasteiger partial charge is 0.274 e. The minimum Gasteiger partial charge on any atom is -0.364 e. The number of nitrogens with one attached hydrogen (secondary N) is 1. The largest absolute Gasteiger partial charge is 0.364 e. The number of carbonyl (C=O) groups is 1. The zero-order valence-electron chi connectivity index (χ0n) is 14.9. The molecule has 2 aromatic heterocycles. The molecular formula is C18H24N6O. The van der Waals surface area contributed by atoms with Crippen molar-refractivity contribution < 1.29 is 4.79 Å². The van der Waals surface area contributed by atoms with Gasteiger partial charge in [-0.05, 0) is 32.9 Å². The SMILES string of the molecule is CC(C)(C)Nc1cnc(C(=O)N2CCN(c3ccccn3)CC2)cn1. The fourth-order valence-electron chi connectivity index (χ4n) is 2.73. The van der Waals surface area contributed by atoms with E-state index in [0.29, 0.717) is 24.6 Å². The molecule has 2 aromatic rings. The molecule has 132 valence electrons. The molecule has 0 saturated carbocycles. The number of rotatable bonds is 3. The van der Waals surface area contributed by atoms with Crippen LogP contribution in [0, 0.1) is 0 Å². The molecule has 1 aliphatic rings. The van der Waals surface area contributed by atoms with Gasteiger partial charge < -0.3 is 15.1 Å². The van der Waals surface area contributed by atoms with Crippen molar-refractivity contribution in [2.24, 2.45) is 0 Å². The summed E-state index contributed by atoms with van der Waals surface area (Å²) in [5, 5.41) is 3.24. The van der Waals surface area contributed by atoms with Crippen LogP contribution in [-0.2, 0) is 0 Å². The van der Waals surface area contributed by atoms with E-state index in [1.807, 2.05) is 23.1 Å². The third-order valence-electron chi connectivity index (χ3n) is 3.91. The molecule has 0 bridgehead atoms. The van der Waals surface area contributed by atoms with Gasteiger partial charge in [0.2, 0.25) is 0 Å². The first kappa shape index (κ1) is 17.1. The lowest BCUT2D eigenvalue weighted by Crippen LogP contribution is -2.49. The Morgan fingerprint density at radius 1 is 1.04 bits per heavy atom. The molecule has 0 spiro atoms. The number of hydrogen-bond acceptors (Lipinski definition) is 6. The van der Waals surface area contributed by atoms with Crippen molar-refractivity contribution in [1.82, 2.24) is 19.9 Å². The summed E-state index contributed by atoms with van der Waals surface area (Å²) < 4.78 is 0. The molecule has 1 fully saturated rings. The average molecular weight is 340 g/mol. The van der Waals surface area contributed by atoms with E-state index < -0.39 is 0 Å². The number of nitrogens with zero attached hydrogens (tertiary/aromatic N) is 5. The number of aromatic nitrogens is 3. The van der Waals surface area contributed by atoms with Crippen LogP contribution >= 0.6 is 0 Å². The maximum Gasteiger partial charge on any atom is 0.274 e. The molecule has 7 heteroatoms. The fourth-order valence-corrected chi connectivity index (χ4v) is 2.73. The van der Waals surface area contributed by atoms with Gasteiger partial charge in [0.05, 0.1) is 12.4 Å². The number of pyridine rings is 1. The maximum absolute atomic E-state index is 12.6. The summed E-state index contributed by atoms with van der Waals surface area (Å²) in [5.41, 5.74) is 0.285. The van der Waals surface area contributed by atoms with Crippen LogP contribution in [0.25, 0.3) is 0 Å². The van der Waals surface area contributed by atoms with Gasteiger partial charge in [0.25, 0.3) is 5.91 Å². The van der Waals surface area contributed by atoms with Gasteiger partial charge in [0.1, 0.15) is 17.3 Å². The molecule has 3 heterocycles. The summed E-state index contributed by atoms with van der Waals surface area (Å²) in [5.74, 6) is 1.55. The zero-order valence-corrected chi connectivity index (χ0v) is 14.9. The van der Waals surface area contributed by atoms with Crippen molar-refractivity contribution in [3.63, 3.8) is 0 Å². The highest BCUT2D eigenvalue weighted by Gasteiger charge is 2.24. The van der Waals surface area contributed by atoms with Crippen LogP contribution in [0.3, 0.4) is 0 Å². The minimum atomic E-state index is -0.0952. The molecular weight excluding hydrogens is 316 g/mol. The highest BCUT2D eigenvalue weighted by Crippen LogP contribution is 2.15. The van der Waals surface area contributed by atoms with E-state index in [9.17, 15) is 4.79 Å². The van der Waals surface area contributed by atoms with Crippen molar-refractivity contribution in [3.8, 4) is 0 Å². The minimum absolute atomic E-state index is 0.0736. The van der Waals surface area contributed by atoms with Crippen molar-refractivity contribution >= 4 is 17.5 Å². The van der Waals surface area contributed by atoms with Gasteiger partial charge in [0.15, 0.2) is 0 Å². The molecule has 0 atom stereocenters. The Hall–Kier alpha value is -2.70. The standard InChI is InChI=1S/C18H24N6O/c1-18(2,3)22-15-13-20-14(12-21-15)17(25)24-10-8-23(9-11-24)16-6-4-5-7-19-16/h4-7,12-13H,8-11H2,1-3H3,(H,21,22). The summed E-state index contributed by atoms with van der Waals surface area (Å²) in [6.45, 7) is 8.98. The average Bonchev–Trinajstić information content (AvgIpc) is 2.61. The van der Waals surface area contributed by atoms with Crippen molar-refractivity contribution in [3.05, 3.63) is 42.5 Å². The Morgan fingerprint density at radius 2 is 1.80 bits per heavy atom. The van der Waals surface area contributed by atoms with Crippen LogP contribution in [0.1, 0.15) is 31.3 Å². The number of anilines is 2. The number of carbonyl (C=O) groups excluding carboxylic acids is 1. The van der Waals surface area contributed by atoms with Crippen LogP contribution in [0.2, 0.25) is 0 Å². The summed E-state index contributed by atoms with van der Waals surface area (Å²) >= 11 is 0. The molecule has 1 aliphatic heterocycles. The van der Waals surface area contributed by atoms with Crippen molar-refractivity contribution in [2.45, 2.75) is 26.3 Å². The molecule has 3 rings (SSSR count). The van der Waals surface area contributed by atoms with Gasteiger partial charge in [-0.3, -0.25) is 4.79 Å². The molecule has 0 aromatic carbocycles. The summed E-state index contributed by atoms with van der Waals surface area (Å²) in [6, 6.07) is 5.87. The first-order valence-corrected chi connectivity index (χ1v) is 8.48. The van der Waals surface area contributed by atoms with Crippen LogP contribution in [0.5, 0.6) is 0 Å². The van der Waals surface area contributed by atoms with Crippen LogP contribution < -0.4 is 10.2 Å². The molecule has 0 radical (unpaired) electrons. The van der Waals surface area contributed by atoms with Crippen LogP contribution in [0.15, 0.2) is 36.8 Å². The predicted octanol–water partition coefficient (Wildman–Crippen LogP) is 2.04.